The van der Waals surface area contributed by atoms with E-state index >= 15 is 0 Å². The van der Waals surface area contributed by atoms with Crippen LogP contribution >= 0.6 is 11.6 Å². The quantitative estimate of drug-likeness (QED) is 0.906. The fourth-order valence-electron chi connectivity index (χ4n) is 2.19. The molecule has 4 heteroatoms. The van der Waals surface area contributed by atoms with E-state index < -0.39 is 0 Å². The highest BCUT2D eigenvalue weighted by Gasteiger charge is 2.17. The van der Waals surface area contributed by atoms with Crippen LogP contribution in [-0.4, -0.2) is 15.4 Å². The predicted molar refractivity (Wildman–Crippen MR) is 69.4 cm³/mol. The minimum absolute atomic E-state index is 0.547. The molecule has 1 fully saturated rings. The Bertz CT molecular complexity index is 543. The second kappa shape index (κ2) is 4.31. The monoisotopic (exact) mass is 249 g/mol. The molecule has 0 saturated heterocycles. The summed E-state index contributed by atoms with van der Waals surface area (Å²) in [4.78, 5) is 4.43. The summed E-state index contributed by atoms with van der Waals surface area (Å²) >= 11 is 6.12. The van der Waals surface area contributed by atoms with E-state index in [4.69, 9.17) is 11.6 Å². The molecule has 2 aromatic rings. The molecule has 0 aliphatic heterocycles. The van der Waals surface area contributed by atoms with Crippen molar-refractivity contribution in [2.24, 2.45) is 0 Å². The van der Waals surface area contributed by atoms with Gasteiger partial charge in [0.05, 0.1) is 11.2 Å². The van der Waals surface area contributed by atoms with Gasteiger partial charge in [0.15, 0.2) is 0 Å². The van der Waals surface area contributed by atoms with Gasteiger partial charge in [-0.15, -0.1) is 0 Å². The maximum Gasteiger partial charge on any atom is 0.207 e. The summed E-state index contributed by atoms with van der Waals surface area (Å²) in [7, 11) is 0. The van der Waals surface area contributed by atoms with Crippen LogP contribution in [-0.2, 0) is 6.54 Å². The van der Waals surface area contributed by atoms with Gasteiger partial charge in [0, 0.05) is 18.8 Å². The summed E-state index contributed by atoms with van der Waals surface area (Å²) in [5.74, 6) is 0. The number of hydrogen-bond acceptors (Lipinski definition) is 2. The Balaban J connectivity index is 1.89. The average Bonchev–Trinajstić information content (AvgIpc) is 2.53. The van der Waals surface area contributed by atoms with Gasteiger partial charge in [-0.1, -0.05) is 6.42 Å². The van der Waals surface area contributed by atoms with Gasteiger partial charge in [0.25, 0.3) is 0 Å². The third-order valence-electron chi connectivity index (χ3n) is 3.50. The van der Waals surface area contributed by atoms with E-state index in [0.29, 0.717) is 11.3 Å². The number of hydrogen-bond donors (Lipinski definition) is 1. The highest BCUT2D eigenvalue weighted by atomic mass is 35.5. The van der Waals surface area contributed by atoms with E-state index in [9.17, 15) is 0 Å². The zero-order valence-corrected chi connectivity index (χ0v) is 10.7. The van der Waals surface area contributed by atoms with Gasteiger partial charge in [-0.05, 0) is 49.1 Å². The second-order valence-electron chi connectivity index (χ2n) is 4.80. The minimum Gasteiger partial charge on any atom is -0.308 e. The van der Waals surface area contributed by atoms with Gasteiger partial charge in [0.1, 0.15) is 0 Å². The molecule has 1 aliphatic carbocycles. The van der Waals surface area contributed by atoms with Crippen molar-refractivity contribution in [3.63, 3.8) is 0 Å². The van der Waals surface area contributed by atoms with Crippen LogP contribution in [0.5, 0.6) is 0 Å². The van der Waals surface area contributed by atoms with Crippen molar-refractivity contribution >= 4 is 17.1 Å². The number of aryl methyl sites for hydroxylation is 1. The molecular formula is C13H16ClN3. The maximum atomic E-state index is 6.12. The Hall–Kier alpha value is -1.06. The Morgan fingerprint density at radius 3 is 3.06 bits per heavy atom. The molecule has 0 aromatic carbocycles. The van der Waals surface area contributed by atoms with Crippen LogP contribution in [0.25, 0.3) is 5.52 Å². The topological polar surface area (TPSA) is 29.3 Å². The van der Waals surface area contributed by atoms with Gasteiger partial charge >= 0.3 is 0 Å². The van der Waals surface area contributed by atoms with Crippen LogP contribution in [0.3, 0.4) is 0 Å². The smallest absolute Gasteiger partial charge is 0.207 e. The van der Waals surface area contributed by atoms with E-state index in [-0.39, 0.29) is 0 Å². The van der Waals surface area contributed by atoms with Crippen molar-refractivity contribution in [2.75, 3.05) is 0 Å². The molecule has 0 atom stereocenters. The lowest BCUT2D eigenvalue weighted by Gasteiger charge is -2.26. The molecule has 1 aliphatic rings. The van der Waals surface area contributed by atoms with Gasteiger partial charge in [-0.2, -0.15) is 0 Å². The number of nitrogens with zero attached hydrogens (tertiary/aromatic N) is 2. The van der Waals surface area contributed by atoms with Gasteiger partial charge in [-0.25, -0.2) is 4.98 Å². The fraction of sp³-hybridized carbons (Fsp3) is 0.462. The van der Waals surface area contributed by atoms with Crippen LogP contribution in [0.2, 0.25) is 5.28 Å². The minimum atomic E-state index is 0.547. The molecule has 2 aromatic heterocycles. The lowest BCUT2D eigenvalue weighted by atomic mass is 9.93. The van der Waals surface area contributed by atoms with Crippen LogP contribution in [0.4, 0.5) is 0 Å². The molecule has 1 N–H and O–H groups in total. The number of imidazole rings is 1. The normalized spacial score (nSPS) is 16.4. The SMILES string of the molecule is Cc1ccn2c(Cl)nc(CNC3CCC3)c2c1. The molecule has 0 bridgehead atoms. The molecular weight excluding hydrogens is 234 g/mol. The van der Waals surface area contributed by atoms with Gasteiger partial charge in [-0.3, -0.25) is 4.40 Å². The van der Waals surface area contributed by atoms with Crippen LogP contribution in [0.1, 0.15) is 30.5 Å². The molecule has 0 spiro atoms. The molecule has 17 heavy (non-hydrogen) atoms. The molecule has 0 unspecified atom stereocenters. The Labute approximate surface area is 106 Å². The Morgan fingerprint density at radius 1 is 1.53 bits per heavy atom. The average molecular weight is 250 g/mol. The number of halogens is 1. The first kappa shape index (κ1) is 11.1. The molecule has 3 nitrogen and oxygen atoms in total. The van der Waals surface area contributed by atoms with Crippen LogP contribution in [0, 0.1) is 6.92 Å². The molecule has 0 radical (unpaired) electrons. The van der Waals surface area contributed by atoms with E-state index in [1.165, 1.54) is 24.8 Å². The van der Waals surface area contributed by atoms with Gasteiger partial charge < -0.3 is 5.32 Å². The number of nitrogens with one attached hydrogen (secondary N) is 1. The number of fused-ring (bicyclic) bond motifs is 1. The largest absolute Gasteiger partial charge is 0.308 e. The van der Waals surface area contributed by atoms with E-state index in [0.717, 1.165) is 17.8 Å². The summed E-state index contributed by atoms with van der Waals surface area (Å²) < 4.78 is 1.94. The van der Waals surface area contributed by atoms with Crippen molar-refractivity contribution in [1.82, 2.24) is 14.7 Å². The fourth-order valence-corrected chi connectivity index (χ4v) is 2.44. The Kier molecular flexibility index (Phi) is 2.81. The summed E-state index contributed by atoms with van der Waals surface area (Å²) in [6.45, 7) is 2.90. The lowest BCUT2D eigenvalue weighted by Crippen LogP contribution is -2.34. The molecule has 0 amide bonds. The van der Waals surface area contributed by atoms with E-state index in [1.54, 1.807) is 0 Å². The summed E-state index contributed by atoms with van der Waals surface area (Å²) in [5, 5.41) is 4.07. The summed E-state index contributed by atoms with van der Waals surface area (Å²) in [6.07, 6.45) is 5.91. The lowest BCUT2D eigenvalue weighted by molar-refractivity contribution is 0.337. The second-order valence-corrected chi connectivity index (χ2v) is 5.13. The van der Waals surface area contributed by atoms with Crippen molar-refractivity contribution in [3.05, 3.63) is 34.9 Å². The van der Waals surface area contributed by atoms with E-state index in [1.807, 2.05) is 16.7 Å². The first-order valence-corrected chi connectivity index (χ1v) is 6.48. The molecule has 90 valence electrons. The van der Waals surface area contributed by atoms with Crippen LogP contribution in [0.15, 0.2) is 18.3 Å². The Morgan fingerprint density at radius 2 is 2.35 bits per heavy atom. The van der Waals surface area contributed by atoms with Crippen molar-refractivity contribution in [1.29, 1.82) is 0 Å². The summed E-state index contributed by atoms with van der Waals surface area (Å²) in [6, 6.07) is 4.86. The zero-order chi connectivity index (χ0) is 11.8. The molecule has 1 saturated carbocycles. The standard InChI is InChI=1S/C13H16ClN3/c1-9-5-6-17-12(7-9)11(16-13(17)14)8-15-10-3-2-4-10/h5-7,10,15H,2-4,8H2,1H3. The molecule has 2 heterocycles. The number of pyridine rings is 1. The first-order chi connectivity index (χ1) is 8.24. The number of aromatic nitrogens is 2. The zero-order valence-electron chi connectivity index (χ0n) is 9.91. The number of rotatable bonds is 3. The predicted octanol–water partition coefficient (Wildman–Crippen LogP) is 2.94. The van der Waals surface area contributed by atoms with E-state index in [2.05, 4.69) is 23.3 Å². The van der Waals surface area contributed by atoms with Crippen molar-refractivity contribution < 1.29 is 0 Å². The highest BCUT2D eigenvalue weighted by Crippen LogP contribution is 2.21. The van der Waals surface area contributed by atoms with Crippen LogP contribution < -0.4 is 5.32 Å². The first-order valence-electron chi connectivity index (χ1n) is 6.10. The highest BCUT2D eigenvalue weighted by molar-refractivity contribution is 6.28. The van der Waals surface area contributed by atoms with Crippen molar-refractivity contribution in [2.45, 2.75) is 38.8 Å². The van der Waals surface area contributed by atoms with Gasteiger partial charge in [0.2, 0.25) is 5.28 Å². The summed E-state index contributed by atoms with van der Waals surface area (Å²) in [5.41, 5.74) is 3.39. The maximum absolute atomic E-state index is 6.12. The third-order valence-corrected chi connectivity index (χ3v) is 3.76. The third kappa shape index (κ3) is 2.05. The molecule has 3 rings (SSSR count). The van der Waals surface area contributed by atoms with Crippen molar-refractivity contribution in [3.8, 4) is 0 Å².